The van der Waals surface area contributed by atoms with Gasteiger partial charge in [0.2, 0.25) is 0 Å². The molecule has 2 nitrogen and oxygen atoms in total. The SMILES string of the molecule is CC(C)[C@H]1COC(c2[c-]cc[cH-]2)=N1.[Cl][Pd+].[Co].c1ccc(C2=C(c3ccccc3)C(c3ccccc3)=C2c2ccccc2)cc1. The summed E-state index contributed by atoms with van der Waals surface area (Å²) in [6.45, 7) is 5.04. The zero-order chi connectivity index (χ0) is 30.0. The molecule has 1 heterocycles. The standard InChI is InChI=1S/C28H20.C11H13NO.ClH.Co.Pd/c1-5-13-21(14-6-1)25-26(22-15-7-2-8-16-22)28(24-19-11-4-12-20-24)27(25)23-17-9-3-10-18-23;1-8(2)10-7-13-11(12-10)9-5-3-4-6-9;;;/h1-20H;3-5,8,10H,7H2,1-2H3;1H;;/q;-2;;;+2/p-1/t;10-;;;/m.1.../s1. The first-order valence-electron chi connectivity index (χ1n) is 14.4. The molecular weight excluding hydrogens is 699 g/mol. The Kier molecular flexibility index (Phi) is 12.7. The van der Waals surface area contributed by atoms with E-state index in [-0.39, 0.29) is 16.8 Å². The van der Waals surface area contributed by atoms with Crippen LogP contribution in [0, 0.1) is 12.0 Å². The van der Waals surface area contributed by atoms with E-state index in [1.807, 2.05) is 18.2 Å². The van der Waals surface area contributed by atoms with E-state index in [0.717, 1.165) is 11.5 Å². The molecule has 44 heavy (non-hydrogen) atoms. The number of halogens is 1. The molecule has 0 saturated heterocycles. The van der Waals surface area contributed by atoms with Gasteiger partial charge in [-0.15, -0.1) is 0 Å². The average Bonchev–Trinajstić information content (AvgIpc) is 3.78. The van der Waals surface area contributed by atoms with Gasteiger partial charge >= 0.3 is 27.7 Å². The van der Waals surface area contributed by atoms with E-state index in [1.54, 1.807) is 0 Å². The number of ether oxygens (including phenoxy) is 1. The van der Waals surface area contributed by atoms with Crippen LogP contribution >= 0.6 is 9.53 Å². The molecule has 1 radical (unpaired) electrons. The Morgan fingerprint density at radius 3 is 1.32 bits per heavy atom. The van der Waals surface area contributed by atoms with Crippen molar-refractivity contribution in [2.24, 2.45) is 10.9 Å². The molecule has 0 amide bonds. The summed E-state index contributed by atoms with van der Waals surface area (Å²) in [5, 5.41) is 0. The quantitative estimate of drug-likeness (QED) is 0.126. The van der Waals surface area contributed by atoms with Crippen LogP contribution in [0.3, 0.4) is 0 Å². The zero-order valence-electron chi connectivity index (χ0n) is 24.5. The van der Waals surface area contributed by atoms with Crippen molar-refractivity contribution in [2.75, 3.05) is 6.61 Å². The molecule has 7 rings (SSSR count). The molecule has 0 bridgehead atoms. The maximum Gasteiger partial charge on any atom is 0 e. The van der Waals surface area contributed by atoms with Gasteiger partial charge < -0.3 is 9.73 Å². The maximum atomic E-state index is 5.49. The Hall–Kier alpha value is -3.36. The minimum atomic E-state index is 0. The van der Waals surface area contributed by atoms with Crippen molar-refractivity contribution in [2.45, 2.75) is 19.9 Å². The van der Waals surface area contributed by atoms with Crippen LogP contribution in [-0.4, -0.2) is 18.5 Å². The van der Waals surface area contributed by atoms with Crippen molar-refractivity contribution in [1.82, 2.24) is 0 Å². The maximum absolute atomic E-state index is 5.49. The van der Waals surface area contributed by atoms with Crippen molar-refractivity contribution in [1.29, 1.82) is 0 Å². The van der Waals surface area contributed by atoms with Gasteiger partial charge in [-0.05, 0) is 50.5 Å². The molecule has 0 aromatic heterocycles. The van der Waals surface area contributed by atoms with Gasteiger partial charge in [0.15, 0.2) is 0 Å². The molecule has 0 fully saturated rings. The summed E-state index contributed by atoms with van der Waals surface area (Å²) in [5.41, 5.74) is 11.4. The minimum absolute atomic E-state index is 0. The van der Waals surface area contributed by atoms with Crippen molar-refractivity contribution >= 4 is 37.7 Å². The van der Waals surface area contributed by atoms with E-state index in [4.69, 9.17) is 4.74 Å². The van der Waals surface area contributed by atoms with Crippen LogP contribution in [0.15, 0.2) is 145 Å². The molecule has 2 aliphatic rings. The fourth-order valence-corrected chi connectivity index (χ4v) is 5.35. The number of hydrogen-bond donors (Lipinski definition) is 0. The largest absolute Gasteiger partial charge is 0.0622 e. The van der Waals surface area contributed by atoms with E-state index >= 15 is 0 Å². The van der Waals surface area contributed by atoms with Crippen LogP contribution in [0.2, 0.25) is 0 Å². The predicted octanol–water partition coefficient (Wildman–Crippen LogP) is 9.91. The van der Waals surface area contributed by atoms with Gasteiger partial charge in [0.25, 0.3) is 0 Å². The number of nitrogens with zero attached hydrogens (tertiary/aromatic N) is 1. The molecule has 1 aliphatic heterocycles. The Bertz CT molecular complexity index is 1480. The van der Waals surface area contributed by atoms with Crippen LogP contribution in [0.1, 0.15) is 41.7 Å². The van der Waals surface area contributed by atoms with Gasteiger partial charge in [0.05, 0.1) is 12.6 Å². The van der Waals surface area contributed by atoms with Gasteiger partial charge in [-0.25, -0.2) is 5.56 Å². The summed E-state index contributed by atoms with van der Waals surface area (Å²) in [4.78, 5) is 4.49. The number of aliphatic imine (C=N–C) groups is 1. The fourth-order valence-electron chi connectivity index (χ4n) is 5.35. The number of benzene rings is 4. The van der Waals surface area contributed by atoms with Gasteiger partial charge in [-0.1, -0.05) is 135 Å². The Balaban J connectivity index is 0.000000233. The van der Waals surface area contributed by atoms with Gasteiger partial charge in [-0.2, -0.15) is 0 Å². The van der Waals surface area contributed by atoms with Crippen LogP contribution in [0.25, 0.3) is 22.3 Å². The van der Waals surface area contributed by atoms with Crippen LogP contribution < -0.4 is 0 Å². The second-order valence-corrected chi connectivity index (χ2v) is 10.6. The third-order valence-electron chi connectivity index (χ3n) is 7.52. The Labute approximate surface area is 286 Å². The molecule has 5 heteroatoms. The third kappa shape index (κ3) is 7.64. The first kappa shape index (κ1) is 33.5. The molecular formula is C39H33ClCoNOPd-. The second kappa shape index (κ2) is 16.6. The number of allylic oxidation sites excluding steroid dienone is 4. The zero-order valence-corrected chi connectivity index (χ0v) is 27.9. The summed E-state index contributed by atoms with van der Waals surface area (Å²) < 4.78 is 5.49. The molecule has 0 spiro atoms. The van der Waals surface area contributed by atoms with Crippen molar-refractivity contribution < 1.29 is 39.7 Å². The van der Waals surface area contributed by atoms with E-state index in [0.29, 0.717) is 18.6 Å². The predicted molar refractivity (Wildman–Crippen MR) is 177 cm³/mol. The van der Waals surface area contributed by atoms with Crippen molar-refractivity contribution in [3.63, 3.8) is 0 Å². The molecule has 1 atom stereocenters. The first-order chi connectivity index (χ1) is 21.2. The van der Waals surface area contributed by atoms with Crippen molar-refractivity contribution in [3.8, 4) is 0 Å². The summed E-state index contributed by atoms with van der Waals surface area (Å²) in [5.74, 6) is 1.30. The first-order valence-corrected chi connectivity index (χ1v) is 16.4. The molecule has 5 aromatic rings. The van der Waals surface area contributed by atoms with Gasteiger partial charge in [-0.3, -0.25) is 24.3 Å². The van der Waals surface area contributed by atoms with E-state index in [1.165, 1.54) is 44.5 Å². The summed E-state index contributed by atoms with van der Waals surface area (Å²) >= 11 is 2.22. The fraction of sp³-hybridized carbons (Fsp3) is 0.128. The van der Waals surface area contributed by atoms with Gasteiger partial charge in [0, 0.05) is 22.7 Å². The third-order valence-corrected chi connectivity index (χ3v) is 7.52. The van der Waals surface area contributed by atoms with Crippen LogP contribution in [-0.2, 0) is 39.7 Å². The van der Waals surface area contributed by atoms with Gasteiger partial charge in [0.1, 0.15) is 0 Å². The molecule has 0 saturated carbocycles. The van der Waals surface area contributed by atoms with E-state index < -0.39 is 0 Å². The minimum Gasteiger partial charge on any atom is -0.0622 e. The molecule has 0 unspecified atom stereocenters. The Morgan fingerprint density at radius 1 is 0.682 bits per heavy atom. The smallest absolute Gasteiger partial charge is 0 e. The topological polar surface area (TPSA) is 21.6 Å². The van der Waals surface area contributed by atoms with E-state index in [9.17, 15) is 0 Å². The normalized spacial score (nSPS) is 15.1. The molecule has 0 N–H and O–H groups in total. The second-order valence-electron chi connectivity index (χ2n) is 10.6. The molecule has 227 valence electrons. The van der Waals surface area contributed by atoms with Crippen LogP contribution in [0.5, 0.6) is 0 Å². The van der Waals surface area contributed by atoms with E-state index in [2.05, 4.69) is 174 Å². The number of rotatable bonds is 6. The Morgan fingerprint density at radius 2 is 1.05 bits per heavy atom. The average molecular weight is 733 g/mol. The number of hydrogen-bond acceptors (Lipinski definition) is 2. The summed E-state index contributed by atoms with van der Waals surface area (Å²) in [6.07, 6.45) is 0. The monoisotopic (exact) mass is 731 g/mol. The van der Waals surface area contributed by atoms with Crippen molar-refractivity contribution in [3.05, 3.63) is 173 Å². The summed E-state index contributed by atoms with van der Waals surface area (Å²) in [7, 11) is 4.49. The molecule has 1 aliphatic carbocycles. The summed E-state index contributed by atoms with van der Waals surface area (Å²) in [6, 6.07) is 52.2. The molecule has 5 aromatic carbocycles. The van der Waals surface area contributed by atoms with Crippen LogP contribution in [0.4, 0.5) is 0 Å².